The van der Waals surface area contributed by atoms with Crippen LogP contribution >= 0.6 is 11.6 Å². The molecule has 0 aliphatic heterocycles. The van der Waals surface area contributed by atoms with E-state index in [2.05, 4.69) is 5.32 Å². The molecule has 8 nitrogen and oxygen atoms in total. The van der Waals surface area contributed by atoms with E-state index in [0.29, 0.717) is 29.1 Å². The van der Waals surface area contributed by atoms with E-state index in [1.807, 2.05) is 0 Å². The number of carbonyl (C=O) groups is 1. The lowest BCUT2D eigenvalue weighted by Crippen LogP contribution is -2.13. The predicted octanol–water partition coefficient (Wildman–Crippen LogP) is 6.61. The lowest BCUT2D eigenvalue weighted by atomic mass is 10.1. The number of nitrogens with one attached hydrogen (secondary N) is 1. The van der Waals surface area contributed by atoms with Crippen molar-refractivity contribution in [2.45, 2.75) is 6.18 Å². The van der Waals surface area contributed by atoms with Crippen LogP contribution in [0.25, 0.3) is 6.08 Å². The molecule has 0 heterocycles. The Morgan fingerprint density at radius 2 is 1.78 bits per heavy atom. The SMILES string of the molecule is COc1ccc(NC(=O)/C(C#N)=C\c2ccc(Oc3ccc(C(F)(F)F)cc3[N+](=O)[O-])c(Cl)c2)cc1. The van der Waals surface area contributed by atoms with Crippen LogP contribution in [0.15, 0.2) is 66.2 Å². The number of methoxy groups -OCH3 is 1. The second kappa shape index (κ2) is 10.8. The van der Waals surface area contributed by atoms with E-state index < -0.39 is 34.0 Å². The highest BCUT2D eigenvalue weighted by Gasteiger charge is 2.33. The van der Waals surface area contributed by atoms with Gasteiger partial charge in [-0.3, -0.25) is 14.9 Å². The Morgan fingerprint density at radius 3 is 2.33 bits per heavy atom. The Labute approximate surface area is 207 Å². The number of halogens is 4. The molecule has 0 spiro atoms. The molecule has 0 radical (unpaired) electrons. The number of hydrogen-bond acceptors (Lipinski definition) is 6. The number of rotatable bonds is 7. The first-order chi connectivity index (χ1) is 17.0. The van der Waals surface area contributed by atoms with Gasteiger partial charge in [-0.25, -0.2) is 0 Å². The van der Waals surface area contributed by atoms with Crippen molar-refractivity contribution in [1.82, 2.24) is 0 Å². The van der Waals surface area contributed by atoms with Crippen molar-refractivity contribution in [3.8, 4) is 23.3 Å². The molecule has 3 aromatic rings. The molecule has 0 unspecified atom stereocenters. The maximum absolute atomic E-state index is 12.9. The molecule has 0 saturated heterocycles. The smallest absolute Gasteiger partial charge is 0.416 e. The van der Waals surface area contributed by atoms with Crippen LogP contribution in [0, 0.1) is 21.4 Å². The summed E-state index contributed by atoms with van der Waals surface area (Å²) in [7, 11) is 1.50. The van der Waals surface area contributed by atoms with Crippen LogP contribution in [0.2, 0.25) is 5.02 Å². The van der Waals surface area contributed by atoms with E-state index in [1.54, 1.807) is 30.3 Å². The van der Waals surface area contributed by atoms with Gasteiger partial charge in [-0.05, 0) is 60.2 Å². The number of nitrogens with zero attached hydrogens (tertiary/aromatic N) is 2. The number of nitro groups is 1. The molecule has 36 heavy (non-hydrogen) atoms. The highest BCUT2D eigenvalue weighted by molar-refractivity contribution is 6.32. The largest absolute Gasteiger partial charge is 0.497 e. The Kier molecular flexibility index (Phi) is 7.81. The number of nitro benzene ring substituents is 1. The molecule has 12 heteroatoms. The topological polar surface area (TPSA) is 114 Å². The molecule has 0 aromatic heterocycles. The molecule has 3 aromatic carbocycles. The van der Waals surface area contributed by atoms with Crippen LogP contribution in [-0.4, -0.2) is 17.9 Å². The summed E-state index contributed by atoms with van der Waals surface area (Å²) >= 11 is 6.18. The van der Waals surface area contributed by atoms with E-state index in [0.717, 1.165) is 6.07 Å². The maximum atomic E-state index is 12.9. The maximum Gasteiger partial charge on any atom is 0.416 e. The van der Waals surface area contributed by atoms with Crippen molar-refractivity contribution in [3.05, 3.63) is 92.5 Å². The van der Waals surface area contributed by atoms with Crippen molar-refractivity contribution >= 4 is 35.0 Å². The Morgan fingerprint density at radius 1 is 1.11 bits per heavy atom. The van der Waals surface area contributed by atoms with E-state index in [4.69, 9.17) is 21.1 Å². The standard InChI is InChI=1S/C24H15ClF3N3O5/c1-35-18-6-4-17(5-7-18)30-23(32)15(13-29)10-14-2-8-21(19(25)11-14)36-22-9-3-16(24(26,27)28)12-20(22)31(33)34/h2-12H,1H3,(H,30,32)/b15-10-. The van der Waals surface area contributed by atoms with Crippen LogP contribution in [0.5, 0.6) is 17.2 Å². The molecule has 0 aliphatic carbocycles. The van der Waals surface area contributed by atoms with Gasteiger partial charge in [0.15, 0.2) is 0 Å². The average Bonchev–Trinajstić information content (AvgIpc) is 2.83. The van der Waals surface area contributed by atoms with Gasteiger partial charge in [0.1, 0.15) is 23.1 Å². The number of nitriles is 1. The number of hydrogen-bond donors (Lipinski definition) is 1. The Balaban J connectivity index is 1.82. The quantitative estimate of drug-likeness (QED) is 0.163. The summed E-state index contributed by atoms with van der Waals surface area (Å²) in [5.41, 5.74) is -1.58. The molecule has 0 aliphatic rings. The second-order valence-electron chi connectivity index (χ2n) is 7.08. The summed E-state index contributed by atoms with van der Waals surface area (Å²) in [6.07, 6.45) is -3.51. The van der Waals surface area contributed by atoms with Gasteiger partial charge in [-0.15, -0.1) is 0 Å². The van der Waals surface area contributed by atoms with Gasteiger partial charge in [0.05, 0.1) is 22.6 Å². The third-order valence-electron chi connectivity index (χ3n) is 4.68. The van der Waals surface area contributed by atoms with E-state index in [-0.39, 0.29) is 16.3 Å². The number of benzene rings is 3. The molecular weight excluding hydrogens is 503 g/mol. The van der Waals surface area contributed by atoms with Crippen molar-refractivity contribution < 1.29 is 32.4 Å². The zero-order valence-electron chi connectivity index (χ0n) is 18.3. The highest BCUT2D eigenvalue weighted by Crippen LogP contribution is 2.39. The Bertz CT molecular complexity index is 1380. The minimum atomic E-state index is -4.77. The summed E-state index contributed by atoms with van der Waals surface area (Å²) in [5, 5.41) is 23.2. The lowest BCUT2D eigenvalue weighted by molar-refractivity contribution is -0.385. The fraction of sp³-hybridized carbons (Fsp3) is 0.0833. The summed E-state index contributed by atoms with van der Waals surface area (Å²) in [6, 6.07) is 14.1. The average molecular weight is 518 g/mol. The predicted molar refractivity (Wildman–Crippen MR) is 125 cm³/mol. The number of carbonyl (C=O) groups excluding carboxylic acids is 1. The van der Waals surface area contributed by atoms with Gasteiger partial charge in [0, 0.05) is 11.8 Å². The van der Waals surface area contributed by atoms with Gasteiger partial charge in [0.25, 0.3) is 5.91 Å². The number of amides is 1. The minimum absolute atomic E-state index is 0.0641. The van der Waals surface area contributed by atoms with Crippen LogP contribution < -0.4 is 14.8 Å². The van der Waals surface area contributed by atoms with Gasteiger partial charge in [-0.2, -0.15) is 18.4 Å². The van der Waals surface area contributed by atoms with E-state index >= 15 is 0 Å². The molecule has 0 atom stereocenters. The van der Waals surface area contributed by atoms with Gasteiger partial charge in [0.2, 0.25) is 5.75 Å². The lowest BCUT2D eigenvalue weighted by Gasteiger charge is -2.11. The number of anilines is 1. The van der Waals surface area contributed by atoms with Gasteiger partial charge < -0.3 is 14.8 Å². The number of alkyl halides is 3. The fourth-order valence-electron chi connectivity index (χ4n) is 2.92. The number of ether oxygens (including phenoxy) is 2. The summed E-state index contributed by atoms with van der Waals surface area (Å²) in [5.74, 6) is -0.630. The molecule has 3 rings (SSSR count). The molecule has 1 N–H and O–H groups in total. The zero-order valence-corrected chi connectivity index (χ0v) is 19.1. The van der Waals surface area contributed by atoms with E-state index in [1.165, 1.54) is 31.4 Å². The van der Waals surface area contributed by atoms with Crippen molar-refractivity contribution in [2.75, 3.05) is 12.4 Å². The first kappa shape index (κ1) is 26.1. The molecule has 0 saturated carbocycles. The summed E-state index contributed by atoms with van der Waals surface area (Å²) in [6.45, 7) is 0. The molecule has 0 fully saturated rings. The minimum Gasteiger partial charge on any atom is -0.497 e. The second-order valence-corrected chi connectivity index (χ2v) is 7.49. The van der Waals surface area contributed by atoms with Gasteiger partial charge in [-0.1, -0.05) is 17.7 Å². The highest BCUT2D eigenvalue weighted by atomic mass is 35.5. The Hall–Kier alpha value is -4.56. The molecule has 184 valence electrons. The fourth-order valence-corrected chi connectivity index (χ4v) is 3.15. The first-order valence-electron chi connectivity index (χ1n) is 9.92. The molecule has 0 bridgehead atoms. The van der Waals surface area contributed by atoms with Crippen LogP contribution in [-0.2, 0) is 11.0 Å². The molecular formula is C24H15ClF3N3O5. The normalized spacial score (nSPS) is 11.4. The van der Waals surface area contributed by atoms with Crippen LogP contribution in [0.4, 0.5) is 24.5 Å². The third-order valence-corrected chi connectivity index (χ3v) is 4.98. The van der Waals surface area contributed by atoms with Crippen LogP contribution in [0.3, 0.4) is 0 Å². The van der Waals surface area contributed by atoms with Crippen LogP contribution in [0.1, 0.15) is 11.1 Å². The summed E-state index contributed by atoms with van der Waals surface area (Å²) < 4.78 is 49.1. The van der Waals surface area contributed by atoms with Crippen molar-refractivity contribution in [2.24, 2.45) is 0 Å². The first-order valence-corrected chi connectivity index (χ1v) is 10.3. The molecule has 1 amide bonds. The monoisotopic (exact) mass is 517 g/mol. The van der Waals surface area contributed by atoms with Gasteiger partial charge >= 0.3 is 11.9 Å². The zero-order chi connectivity index (χ0) is 26.5. The summed E-state index contributed by atoms with van der Waals surface area (Å²) in [4.78, 5) is 22.7. The van der Waals surface area contributed by atoms with Crippen molar-refractivity contribution in [1.29, 1.82) is 5.26 Å². The van der Waals surface area contributed by atoms with Crippen molar-refractivity contribution in [3.63, 3.8) is 0 Å². The third kappa shape index (κ3) is 6.31. The van der Waals surface area contributed by atoms with E-state index in [9.17, 15) is 33.3 Å².